The first-order chi connectivity index (χ1) is 6.13. The van der Waals surface area contributed by atoms with E-state index in [1.54, 1.807) is 30.3 Å². The van der Waals surface area contributed by atoms with Crippen molar-refractivity contribution in [1.29, 1.82) is 0 Å². The molecule has 0 bridgehead atoms. The van der Waals surface area contributed by atoms with Gasteiger partial charge in [-0.25, -0.2) is 4.79 Å². The van der Waals surface area contributed by atoms with Crippen molar-refractivity contribution in [3.8, 4) is 0 Å². The molecule has 0 aromatic heterocycles. The van der Waals surface area contributed by atoms with E-state index in [9.17, 15) is 9.59 Å². The molecule has 0 amide bonds. The molecular formula is C10H9LiO3. The van der Waals surface area contributed by atoms with Gasteiger partial charge >= 0.3 is 24.8 Å². The Bertz CT molecular complexity index is 357. The zero-order chi connectivity index (χ0) is 9.84. The second kappa shape index (κ2) is 5.43. The van der Waals surface area contributed by atoms with E-state index >= 15 is 0 Å². The quantitative estimate of drug-likeness (QED) is 0.249. The molecule has 0 aliphatic heterocycles. The standard InChI is InChI=1S/C10H8O3.Li.H/c1-7(10(12)13)9(11)8-5-3-2-4-6-8;;/h2-6H,1H2,(H,12,13);;. The van der Waals surface area contributed by atoms with Crippen LogP contribution in [-0.4, -0.2) is 35.7 Å². The summed E-state index contributed by atoms with van der Waals surface area (Å²) in [5.41, 5.74) is -0.0684. The van der Waals surface area contributed by atoms with Crippen LogP contribution in [0.3, 0.4) is 0 Å². The molecule has 0 aliphatic carbocycles. The molecule has 4 heteroatoms. The van der Waals surface area contributed by atoms with Crippen molar-refractivity contribution < 1.29 is 14.7 Å². The molecule has 0 heterocycles. The van der Waals surface area contributed by atoms with Crippen molar-refractivity contribution in [2.45, 2.75) is 0 Å². The van der Waals surface area contributed by atoms with Gasteiger partial charge in [-0.15, -0.1) is 0 Å². The Morgan fingerprint density at radius 1 is 1.14 bits per heavy atom. The fourth-order valence-electron chi connectivity index (χ4n) is 0.861. The van der Waals surface area contributed by atoms with Crippen LogP contribution in [0.4, 0.5) is 0 Å². The van der Waals surface area contributed by atoms with Gasteiger partial charge in [0.25, 0.3) is 0 Å². The fraction of sp³-hybridized carbons (Fsp3) is 0. The number of hydrogen-bond acceptors (Lipinski definition) is 2. The predicted octanol–water partition coefficient (Wildman–Crippen LogP) is 0.862. The summed E-state index contributed by atoms with van der Waals surface area (Å²) in [6.07, 6.45) is 0. The first-order valence-corrected chi connectivity index (χ1v) is 3.65. The number of hydrogen-bond donors (Lipinski definition) is 1. The molecule has 68 valence electrons. The summed E-state index contributed by atoms with van der Waals surface area (Å²) in [4.78, 5) is 21.7. The molecule has 1 aromatic carbocycles. The average Bonchev–Trinajstić information content (AvgIpc) is 2.17. The molecule has 14 heavy (non-hydrogen) atoms. The number of carboxylic acid groups (broad SMARTS) is 1. The van der Waals surface area contributed by atoms with Gasteiger partial charge in [0.2, 0.25) is 0 Å². The second-order valence-corrected chi connectivity index (χ2v) is 2.48. The van der Waals surface area contributed by atoms with Crippen LogP contribution in [0.5, 0.6) is 0 Å². The number of benzene rings is 1. The fourth-order valence-corrected chi connectivity index (χ4v) is 0.861. The van der Waals surface area contributed by atoms with Crippen LogP contribution < -0.4 is 0 Å². The van der Waals surface area contributed by atoms with Gasteiger partial charge in [-0.1, -0.05) is 36.9 Å². The molecular weight excluding hydrogens is 175 g/mol. The minimum absolute atomic E-state index is 0. The summed E-state index contributed by atoms with van der Waals surface area (Å²) < 4.78 is 0. The molecule has 0 aliphatic rings. The number of carbonyl (C=O) groups excluding carboxylic acids is 1. The Morgan fingerprint density at radius 2 is 1.64 bits per heavy atom. The summed E-state index contributed by atoms with van der Waals surface area (Å²) in [7, 11) is 0. The van der Waals surface area contributed by atoms with E-state index < -0.39 is 17.3 Å². The molecule has 3 nitrogen and oxygen atoms in total. The minimum atomic E-state index is -1.28. The number of aliphatic carboxylic acids is 1. The van der Waals surface area contributed by atoms with Crippen LogP contribution in [0.25, 0.3) is 0 Å². The van der Waals surface area contributed by atoms with E-state index in [0.717, 1.165) is 0 Å². The summed E-state index contributed by atoms with van der Waals surface area (Å²) in [5, 5.41) is 8.49. The molecule has 0 atom stereocenters. The molecule has 1 rings (SSSR count). The van der Waals surface area contributed by atoms with Gasteiger partial charge in [-0.2, -0.15) is 0 Å². The van der Waals surface area contributed by atoms with E-state index in [1.165, 1.54) is 0 Å². The number of Topliss-reactive ketones (excluding diaryl/α,β-unsaturated/α-hetero) is 1. The third kappa shape index (κ3) is 2.88. The van der Waals surface area contributed by atoms with Gasteiger partial charge in [0.15, 0.2) is 5.78 Å². The van der Waals surface area contributed by atoms with Gasteiger partial charge in [0, 0.05) is 5.56 Å². The predicted molar refractivity (Wildman–Crippen MR) is 54.7 cm³/mol. The molecule has 0 unspecified atom stereocenters. The Morgan fingerprint density at radius 3 is 2.07 bits per heavy atom. The summed E-state index contributed by atoms with van der Waals surface area (Å²) in [6.45, 7) is 3.18. The maximum atomic E-state index is 11.3. The topological polar surface area (TPSA) is 54.4 Å². The van der Waals surface area contributed by atoms with Gasteiger partial charge in [0.05, 0.1) is 0 Å². The van der Waals surface area contributed by atoms with Crippen LogP contribution in [-0.2, 0) is 4.79 Å². The summed E-state index contributed by atoms with van der Waals surface area (Å²) in [6, 6.07) is 8.19. The Hall–Kier alpha value is -1.30. The van der Waals surface area contributed by atoms with Crippen LogP contribution in [0, 0.1) is 0 Å². The monoisotopic (exact) mass is 184 g/mol. The van der Waals surface area contributed by atoms with Gasteiger partial charge in [-0.3, -0.25) is 4.79 Å². The number of carbonyl (C=O) groups is 2. The van der Waals surface area contributed by atoms with E-state index in [2.05, 4.69) is 6.58 Å². The molecule has 0 spiro atoms. The zero-order valence-corrected chi connectivity index (χ0v) is 6.86. The van der Waals surface area contributed by atoms with Crippen molar-refractivity contribution >= 4 is 30.6 Å². The third-order valence-electron chi connectivity index (χ3n) is 1.57. The summed E-state index contributed by atoms with van der Waals surface area (Å²) >= 11 is 0. The van der Waals surface area contributed by atoms with Crippen LogP contribution >= 0.6 is 0 Å². The number of carboxylic acids is 1. The maximum absolute atomic E-state index is 11.3. The first-order valence-electron chi connectivity index (χ1n) is 3.65. The molecule has 0 saturated heterocycles. The summed E-state index contributed by atoms with van der Waals surface area (Å²) in [5.74, 6) is -1.83. The van der Waals surface area contributed by atoms with E-state index in [-0.39, 0.29) is 18.9 Å². The zero-order valence-electron chi connectivity index (χ0n) is 6.86. The normalized spacial score (nSPS) is 8.57. The van der Waals surface area contributed by atoms with Crippen LogP contribution in [0.1, 0.15) is 10.4 Å². The molecule has 0 radical (unpaired) electrons. The van der Waals surface area contributed by atoms with Crippen molar-refractivity contribution in [1.82, 2.24) is 0 Å². The van der Waals surface area contributed by atoms with Crippen molar-refractivity contribution in [3.05, 3.63) is 48.0 Å². The van der Waals surface area contributed by atoms with E-state index in [1.807, 2.05) is 0 Å². The molecule has 0 saturated carbocycles. The number of rotatable bonds is 3. The van der Waals surface area contributed by atoms with Gasteiger partial charge in [0.1, 0.15) is 5.57 Å². The Balaban J connectivity index is 0.00000169. The molecule has 1 aromatic rings. The molecule has 1 N–H and O–H groups in total. The first kappa shape index (κ1) is 12.7. The van der Waals surface area contributed by atoms with Crippen LogP contribution in [0.15, 0.2) is 42.5 Å². The van der Waals surface area contributed by atoms with Crippen molar-refractivity contribution in [2.75, 3.05) is 0 Å². The van der Waals surface area contributed by atoms with Crippen LogP contribution in [0.2, 0.25) is 0 Å². The Kier molecular flexibility index (Phi) is 4.93. The van der Waals surface area contributed by atoms with E-state index in [0.29, 0.717) is 5.56 Å². The third-order valence-corrected chi connectivity index (χ3v) is 1.57. The second-order valence-electron chi connectivity index (χ2n) is 2.48. The Labute approximate surface area is 93.6 Å². The van der Waals surface area contributed by atoms with Gasteiger partial charge < -0.3 is 5.11 Å². The average molecular weight is 184 g/mol. The van der Waals surface area contributed by atoms with E-state index in [4.69, 9.17) is 5.11 Å². The van der Waals surface area contributed by atoms with Gasteiger partial charge in [-0.05, 0) is 0 Å². The van der Waals surface area contributed by atoms with Crippen molar-refractivity contribution in [3.63, 3.8) is 0 Å². The number of ketones is 1. The molecule has 0 fully saturated rings. The van der Waals surface area contributed by atoms with Crippen molar-refractivity contribution in [2.24, 2.45) is 0 Å². The SMILES string of the molecule is C=C(C(=O)O)C(=O)c1ccccc1.[LiH].